The van der Waals surface area contributed by atoms with E-state index in [1.807, 2.05) is 41.8 Å². The minimum absolute atomic E-state index is 0.0857. The van der Waals surface area contributed by atoms with E-state index in [-0.39, 0.29) is 11.1 Å². The van der Waals surface area contributed by atoms with Crippen LogP contribution in [0.1, 0.15) is 15.9 Å². The van der Waals surface area contributed by atoms with Gasteiger partial charge in [0.2, 0.25) is 0 Å². The van der Waals surface area contributed by atoms with Gasteiger partial charge in [0.1, 0.15) is 18.2 Å². The molecule has 4 aromatic rings. The lowest BCUT2D eigenvalue weighted by Crippen LogP contribution is -2.22. The highest BCUT2D eigenvalue weighted by atomic mass is 35.5. The number of rotatable bonds is 6. The largest absolute Gasteiger partial charge is 0.545 e. The van der Waals surface area contributed by atoms with E-state index in [2.05, 4.69) is 0 Å². The van der Waals surface area contributed by atoms with Gasteiger partial charge in [0.15, 0.2) is 0 Å². The van der Waals surface area contributed by atoms with Crippen molar-refractivity contribution in [3.63, 3.8) is 0 Å². The summed E-state index contributed by atoms with van der Waals surface area (Å²) in [6.07, 6.45) is 0. The molecule has 0 aliphatic heterocycles. The molecule has 0 saturated carbocycles. The van der Waals surface area contributed by atoms with E-state index >= 15 is 0 Å². The minimum Gasteiger partial charge on any atom is -0.545 e. The van der Waals surface area contributed by atoms with Crippen molar-refractivity contribution in [1.82, 2.24) is 0 Å². The first-order valence-corrected chi connectivity index (χ1v) is 10.3. The first kappa shape index (κ1) is 20.1. The van der Waals surface area contributed by atoms with Crippen LogP contribution in [0.25, 0.3) is 21.6 Å². The van der Waals surface area contributed by atoms with Gasteiger partial charge in [-0.15, -0.1) is 11.3 Å². The molecule has 0 saturated heterocycles. The lowest BCUT2D eigenvalue weighted by molar-refractivity contribution is -0.255. The third-order valence-corrected chi connectivity index (χ3v) is 5.76. The molecule has 150 valence electrons. The number of ether oxygens (including phenoxy) is 1. The molecule has 4 rings (SSSR count). The minimum atomic E-state index is -1.36. The van der Waals surface area contributed by atoms with Crippen molar-refractivity contribution in [2.75, 3.05) is 0 Å². The SMILES string of the molecule is O=C([O-])c1ccc(F)c(-c2sccc2-c2cc(Cl)ccc2OCc2ccccc2)c1. The number of hydrogen-bond acceptors (Lipinski definition) is 4. The Kier molecular flexibility index (Phi) is 5.84. The van der Waals surface area contributed by atoms with E-state index in [4.69, 9.17) is 16.3 Å². The summed E-state index contributed by atoms with van der Waals surface area (Å²) in [7, 11) is 0. The van der Waals surface area contributed by atoms with Gasteiger partial charge in [0, 0.05) is 26.6 Å². The third kappa shape index (κ3) is 4.22. The lowest BCUT2D eigenvalue weighted by Gasteiger charge is -2.14. The second kappa shape index (κ2) is 8.69. The van der Waals surface area contributed by atoms with Gasteiger partial charge in [0.25, 0.3) is 0 Å². The maximum Gasteiger partial charge on any atom is 0.131 e. The summed E-state index contributed by atoms with van der Waals surface area (Å²) in [4.78, 5) is 11.8. The zero-order valence-electron chi connectivity index (χ0n) is 15.6. The van der Waals surface area contributed by atoms with Crippen LogP contribution in [0.2, 0.25) is 5.02 Å². The number of thiophene rings is 1. The highest BCUT2D eigenvalue weighted by Crippen LogP contribution is 2.43. The van der Waals surface area contributed by atoms with Gasteiger partial charge in [-0.25, -0.2) is 4.39 Å². The summed E-state index contributed by atoms with van der Waals surface area (Å²) < 4.78 is 20.6. The van der Waals surface area contributed by atoms with Crippen molar-refractivity contribution in [2.24, 2.45) is 0 Å². The molecule has 0 radical (unpaired) electrons. The van der Waals surface area contributed by atoms with E-state index < -0.39 is 11.8 Å². The molecule has 6 heteroatoms. The molecule has 0 amide bonds. The Bertz CT molecular complexity index is 1200. The number of aromatic carboxylic acids is 1. The topological polar surface area (TPSA) is 49.4 Å². The Hall–Kier alpha value is -3.15. The summed E-state index contributed by atoms with van der Waals surface area (Å²) in [5.41, 5.74) is 2.53. The van der Waals surface area contributed by atoms with E-state index in [1.54, 1.807) is 18.2 Å². The summed E-state index contributed by atoms with van der Waals surface area (Å²) >= 11 is 7.54. The molecule has 30 heavy (non-hydrogen) atoms. The van der Waals surface area contributed by atoms with Gasteiger partial charge in [-0.3, -0.25) is 0 Å². The second-order valence-corrected chi connectivity index (χ2v) is 7.91. The second-order valence-electron chi connectivity index (χ2n) is 6.56. The van der Waals surface area contributed by atoms with Crippen LogP contribution < -0.4 is 9.84 Å². The molecule has 1 aromatic heterocycles. The molecule has 0 aliphatic carbocycles. The molecule has 1 heterocycles. The number of benzene rings is 3. The maximum atomic E-state index is 14.6. The Morgan fingerprint density at radius 3 is 2.53 bits per heavy atom. The summed E-state index contributed by atoms with van der Waals surface area (Å²) in [5.74, 6) is -1.28. The van der Waals surface area contributed by atoms with Crippen LogP contribution in [0.3, 0.4) is 0 Å². The van der Waals surface area contributed by atoms with Crippen LogP contribution in [0.5, 0.6) is 5.75 Å². The lowest BCUT2D eigenvalue weighted by atomic mass is 10.00. The number of carboxylic acid groups (broad SMARTS) is 1. The Morgan fingerprint density at radius 2 is 1.77 bits per heavy atom. The third-order valence-electron chi connectivity index (χ3n) is 4.58. The van der Waals surface area contributed by atoms with Crippen LogP contribution in [-0.4, -0.2) is 5.97 Å². The molecule has 0 atom stereocenters. The number of carbonyl (C=O) groups excluding carboxylic acids is 1. The first-order valence-electron chi connectivity index (χ1n) is 9.08. The van der Waals surface area contributed by atoms with Gasteiger partial charge in [-0.2, -0.15) is 0 Å². The predicted octanol–water partition coefficient (Wildman–Crippen LogP) is 5.82. The van der Waals surface area contributed by atoms with Crippen molar-refractivity contribution in [1.29, 1.82) is 0 Å². The van der Waals surface area contributed by atoms with E-state index in [0.717, 1.165) is 11.6 Å². The fraction of sp³-hybridized carbons (Fsp3) is 0.0417. The normalized spacial score (nSPS) is 10.7. The van der Waals surface area contributed by atoms with E-state index in [9.17, 15) is 14.3 Å². The van der Waals surface area contributed by atoms with Crippen molar-refractivity contribution in [3.05, 3.63) is 100 Å². The zero-order chi connectivity index (χ0) is 21.1. The average Bonchev–Trinajstić information content (AvgIpc) is 3.23. The van der Waals surface area contributed by atoms with E-state index in [0.29, 0.717) is 33.4 Å². The summed E-state index contributed by atoms with van der Waals surface area (Å²) in [5, 5.41) is 13.6. The predicted molar refractivity (Wildman–Crippen MR) is 115 cm³/mol. The molecule has 0 spiro atoms. The Labute approximate surface area is 182 Å². The average molecular weight is 438 g/mol. The van der Waals surface area contributed by atoms with Crippen LogP contribution >= 0.6 is 22.9 Å². The Balaban J connectivity index is 1.76. The molecule has 0 aliphatic rings. The van der Waals surface area contributed by atoms with E-state index in [1.165, 1.54) is 23.5 Å². The Morgan fingerprint density at radius 1 is 0.967 bits per heavy atom. The monoisotopic (exact) mass is 437 g/mol. The van der Waals surface area contributed by atoms with Crippen molar-refractivity contribution < 1.29 is 19.0 Å². The van der Waals surface area contributed by atoms with Gasteiger partial charge in [-0.05, 0) is 52.9 Å². The van der Waals surface area contributed by atoms with Crippen LogP contribution in [0, 0.1) is 5.82 Å². The molecule has 0 bridgehead atoms. The molecular formula is C24H15ClFO3S-. The van der Waals surface area contributed by atoms with Crippen molar-refractivity contribution >= 4 is 28.9 Å². The first-order chi connectivity index (χ1) is 14.5. The fourth-order valence-corrected chi connectivity index (χ4v) is 4.23. The standard InChI is InChI=1S/C24H16ClFO3S/c25-17-7-9-22(29-14-15-4-2-1-3-5-15)19(13-17)18-10-11-30-23(18)20-12-16(24(27)28)6-8-21(20)26/h1-13H,14H2,(H,27,28)/p-1. The van der Waals surface area contributed by atoms with Crippen LogP contribution in [0.4, 0.5) is 4.39 Å². The van der Waals surface area contributed by atoms with Crippen molar-refractivity contribution in [2.45, 2.75) is 6.61 Å². The summed E-state index contributed by atoms with van der Waals surface area (Å²) in [6, 6.07) is 20.4. The summed E-state index contributed by atoms with van der Waals surface area (Å²) in [6.45, 7) is 0.365. The molecule has 0 fully saturated rings. The highest BCUT2D eigenvalue weighted by Gasteiger charge is 2.17. The fourth-order valence-electron chi connectivity index (χ4n) is 3.13. The van der Waals surface area contributed by atoms with Gasteiger partial charge in [-0.1, -0.05) is 48.0 Å². The molecular weight excluding hydrogens is 423 g/mol. The molecule has 3 aromatic carbocycles. The van der Waals surface area contributed by atoms with Crippen LogP contribution in [-0.2, 0) is 6.61 Å². The number of carbonyl (C=O) groups is 1. The zero-order valence-corrected chi connectivity index (χ0v) is 17.2. The van der Waals surface area contributed by atoms with Gasteiger partial charge < -0.3 is 14.6 Å². The number of halogens is 2. The molecule has 3 nitrogen and oxygen atoms in total. The van der Waals surface area contributed by atoms with Crippen molar-refractivity contribution in [3.8, 4) is 27.3 Å². The highest BCUT2D eigenvalue weighted by molar-refractivity contribution is 7.14. The van der Waals surface area contributed by atoms with Gasteiger partial charge in [0.05, 0.1) is 5.97 Å². The molecule has 0 unspecified atom stereocenters. The number of carboxylic acids is 1. The molecule has 0 N–H and O–H groups in total. The number of hydrogen-bond donors (Lipinski definition) is 0. The van der Waals surface area contributed by atoms with Crippen LogP contribution in [0.15, 0.2) is 78.2 Å². The maximum absolute atomic E-state index is 14.6. The van der Waals surface area contributed by atoms with Gasteiger partial charge >= 0.3 is 0 Å². The smallest absolute Gasteiger partial charge is 0.131 e. The quantitative estimate of drug-likeness (QED) is 0.382.